The first kappa shape index (κ1) is 29.3. The number of rotatable bonds is 8. The summed E-state index contributed by atoms with van der Waals surface area (Å²) >= 11 is 1.64. The van der Waals surface area contributed by atoms with Crippen LogP contribution in [-0.4, -0.2) is 31.5 Å². The number of nitrogens with zero attached hydrogens (tertiary/aromatic N) is 3. The number of aryl methyl sites for hydroxylation is 2. The number of hydrogen-bond acceptors (Lipinski definition) is 5. The smallest absolute Gasteiger partial charge is 0.417 e. The topological polar surface area (TPSA) is 37.7 Å². The molecule has 1 heterocycles. The fraction of sp³-hybridized carbons (Fsp3) is 0.241. The van der Waals surface area contributed by atoms with Gasteiger partial charge in [-0.15, -0.1) is 0 Å². The van der Waals surface area contributed by atoms with Crippen LogP contribution in [0, 0.1) is 51.9 Å². The van der Waals surface area contributed by atoms with E-state index in [9.17, 15) is 0 Å². The zero-order chi connectivity index (χ0) is 24.3. The molecule has 0 radical (unpaired) electrons. The Hall–Kier alpha value is -1.97. The van der Waals surface area contributed by atoms with Gasteiger partial charge >= 0.3 is 31.1 Å². The minimum absolute atomic E-state index is 0. The number of thiazole rings is 1. The van der Waals surface area contributed by atoms with E-state index in [0.717, 1.165) is 33.8 Å². The summed E-state index contributed by atoms with van der Waals surface area (Å²) in [6.07, 6.45) is 4.21. The first-order chi connectivity index (χ1) is 16.6. The van der Waals surface area contributed by atoms with Gasteiger partial charge in [-0.2, -0.15) is 5.10 Å². The Balaban J connectivity index is 0.000000804. The molecule has 35 heavy (non-hydrogen) atoms. The third-order valence-corrected chi connectivity index (χ3v) is 6.32. The molecule has 180 valence electrons. The van der Waals surface area contributed by atoms with E-state index in [0.29, 0.717) is 13.2 Å². The SMILES string of the molecule is [CH2-]CN(/N=C/c1cc(C)ccc1-c1ccc(CCC)cc1)c1nc2ccccc2s1.[CH2-]COC.[U+2]. The normalized spacial score (nSPS) is 10.7. The van der Waals surface area contributed by atoms with E-state index in [4.69, 9.17) is 10.1 Å². The minimum Gasteiger partial charge on any atom is -0.417 e. The van der Waals surface area contributed by atoms with E-state index in [-0.39, 0.29) is 31.1 Å². The van der Waals surface area contributed by atoms with Crippen LogP contribution < -0.4 is 5.01 Å². The van der Waals surface area contributed by atoms with Crippen molar-refractivity contribution in [2.45, 2.75) is 26.7 Å². The molecule has 0 aliphatic heterocycles. The van der Waals surface area contributed by atoms with Crippen molar-refractivity contribution >= 4 is 32.9 Å². The van der Waals surface area contributed by atoms with E-state index in [1.165, 1.54) is 22.3 Å². The van der Waals surface area contributed by atoms with Crippen LogP contribution in [0.3, 0.4) is 0 Å². The summed E-state index contributed by atoms with van der Waals surface area (Å²) in [5.41, 5.74) is 7.07. The number of para-hydroxylation sites is 1. The molecule has 0 aliphatic rings. The molecule has 0 bridgehead atoms. The molecule has 0 spiro atoms. The van der Waals surface area contributed by atoms with E-state index in [1.807, 2.05) is 29.4 Å². The van der Waals surface area contributed by atoms with Gasteiger partial charge in [0.25, 0.3) is 0 Å². The number of ether oxygens (including phenoxy) is 1. The van der Waals surface area contributed by atoms with Gasteiger partial charge in [-0.05, 0) is 48.2 Å². The number of anilines is 1. The van der Waals surface area contributed by atoms with Crippen LogP contribution in [-0.2, 0) is 11.2 Å². The van der Waals surface area contributed by atoms with Gasteiger partial charge in [0.15, 0.2) is 0 Å². The standard InChI is InChI=1S/C26H26N3S.C3H7O.U/c1-4-8-20-12-14-21(15-13-20)23-16-11-19(3)17-22(23)18-27-29(5-2)26-28-24-9-6-7-10-25(24)30-26;1-3-4-2;/h6-7,9-18H,2,4-5,8H2,1,3H3;1,3H2,2H3;/q2*-1;+2/b27-18+;;. The van der Waals surface area contributed by atoms with Gasteiger partial charge < -0.3 is 18.6 Å². The van der Waals surface area contributed by atoms with Crippen molar-refractivity contribution in [2.75, 3.05) is 25.3 Å². The second kappa shape index (κ2) is 15.2. The molecule has 0 saturated carbocycles. The summed E-state index contributed by atoms with van der Waals surface area (Å²) in [4.78, 5) is 4.71. The van der Waals surface area contributed by atoms with Crippen LogP contribution >= 0.6 is 11.3 Å². The van der Waals surface area contributed by atoms with E-state index >= 15 is 0 Å². The maximum absolute atomic E-state index is 4.75. The van der Waals surface area contributed by atoms with Crippen molar-refractivity contribution in [2.24, 2.45) is 5.10 Å². The number of methoxy groups -OCH3 is 1. The van der Waals surface area contributed by atoms with Gasteiger partial charge in [0, 0.05) is 12.7 Å². The first-order valence-electron chi connectivity index (χ1n) is 11.5. The molecule has 0 atom stereocenters. The molecule has 1 aromatic heterocycles. The van der Waals surface area contributed by atoms with Crippen molar-refractivity contribution in [3.8, 4) is 11.1 Å². The largest absolute Gasteiger partial charge is 2.00 e. The fourth-order valence-electron chi connectivity index (χ4n) is 3.50. The molecule has 0 unspecified atom stereocenters. The second-order valence-electron chi connectivity index (χ2n) is 7.86. The molecular weight excluding hydrogens is 676 g/mol. The summed E-state index contributed by atoms with van der Waals surface area (Å²) in [7, 11) is 1.62. The monoisotopic (exact) mass is 709 g/mol. The average molecular weight is 710 g/mol. The van der Waals surface area contributed by atoms with E-state index in [2.05, 4.69) is 81.0 Å². The predicted octanol–water partition coefficient (Wildman–Crippen LogP) is 7.37. The molecule has 0 aliphatic carbocycles. The molecular formula is C29H33N3OSU. The molecule has 0 amide bonds. The number of hydrazone groups is 1. The Morgan fingerprint density at radius 2 is 1.77 bits per heavy atom. The number of hydrogen-bond donors (Lipinski definition) is 0. The average Bonchev–Trinajstić information content (AvgIpc) is 3.29. The quantitative estimate of drug-likeness (QED) is 0.109. The van der Waals surface area contributed by atoms with Crippen molar-refractivity contribution in [1.29, 1.82) is 0 Å². The van der Waals surface area contributed by atoms with Gasteiger partial charge in [-0.3, -0.25) is 5.01 Å². The maximum Gasteiger partial charge on any atom is 2.00 e. The Kier molecular flexibility index (Phi) is 12.7. The molecule has 4 aromatic rings. The molecule has 6 heteroatoms. The third kappa shape index (κ3) is 8.29. The van der Waals surface area contributed by atoms with Crippen molar-refractivity contribution in [3.63, 3.8) is 0 Å². The number of fused-ring (bicyclic) bond motifs is 1. The number of aromatic nitrogens is 1. The Morgan fingerprint density at radius 1 is 1.06 bits per heavy atom. The fourth-order valence-corrected chi connectivity index (χ4v) is 4.45. The molecule has 3 aromatic carbocycles. The summed E-state index contributed by atoms with van der Waals surface area (Å²) in [5, 5.41) is 7.47. The van der Waals surface area contributed by atoms with Gasteiger partial charge in [0.1, 0.15) is 0 Å². The minimum atomic E-state index is 0. The van der Waals surface area contributed by atoms with Crippen LogP contribution in [0.15, 0.2) is 71.8 Å². The zero-order valence-electron chi connectivity index (χ0n) is 20.8. The summed E-state index contributed by atoms with van der Waals surface area (Å²) in [6.45, 7) is 12.8. The van der Waals surface area contributed by atoms with Gasteiger partial charge in [0.05, 0.1) is 16.4 Å². The van der Waals surface area contributed by atoms with Crippen LogP contribution in [0.1, 0.15) is 30.0 Å². The molecule has 0 N–H and O–H groups in total. The number of benzene rings is 3. The summed E-state index contributed by atoms with van der Waals surface area (Å²) in [6, 6.07) is 23.5. The van der Waals surface area contributed by atoms with Crippen molar-refractivity contribution in [3.05, 3.63) is 97.3 Å². The second-order valence-corrected chi connectivity index (χ2v) is 8.87. The third-order valence-electron chi connectivity index (χ3n) is 5.27. The van der Waals surface area contributed by atoms with Gasteiger partial charge in [-0.25, -0.2) is 4.98 Å². The van der Waals surface area contributed by atoms with Crippen molar-refractivity contribution in [1.82, 2.24) is 4.98 Å². The van der Waals surface area contributed by atoms with Crippen LogP contribution in [0.4, 0.5) is 5.13 Å². The van der Waals surface area contributed by atoms with Crippen LogP contribution in [0.5, 0.6) is 0 Å². The Labute approximate surface area is 237 Å². The Bertz CT molecular complexity index is 1170. The van der Waals surface area contributed by atoms with Gasteiger partial charge in [0.2, 0.25) is 5.13 Å². The predicted molar refractivity (Wildman–Crippen MR) is 148 cm³/mol. The van der Waals surface area contributed by atoms with Crippen LogP contribution in [0.2, 0.25) is 0 Å². The van der Waals surface area contributed by atoms with Gasteiger partial charge in [-0.1, -0.05) is 91.9 Å². The van der Waals surface area contributed by atoms with E-state index in [1.54, 1.807) is 18.4 Å². The Morgan fingerprint density at radius 3 is 2.40 bits per heavy atom. The maximum atomic E-state index is 4.75. The molecule has 0 saturated heterocycles. The molecule has 4 nitrogen and oxygen atoms in total. The first-order valence-corrected chi connectivity index (χ1v) is 12.4. The van der Waals surface area contributed by atoms with Crippen molar-refractivity contribution < 1.29 is 35.9 Å². The zero-order valence-corrected chi connectivity index (χ0v) is 25.8. The summed E-state index contributed by atoms with van der Waals surface area (Å²) in [5.74, 6) is 0. The molecule has 4 rings (SSSR count). The van der Waals surface area contributed by atoms with Crippen LogP contribution in [0.25, 0.3) is 21.3 Å². The van der Waals surface area contributed by atoms with E-state index < -0.39 is 0 Å². The molecule has 0 fully saturated rings. The summed E-state index contributed by atoms with van der Waals surface area (Å²) < 4.78 is 5.59.